The summed E-state index contributed by atoms with van der Waals surface area (Å²) in [6.45, 7) is 3.66. The number of aliphatic carboxylic acids is 1. The number of morpholine rings is 1. The van der Waals surface area contributed by atoms with Crippen LogP contribution in [-0.4, -0.2) is 50.0 Å². The number of carbonyl (C=O) groups is 1. The van der Waals surface area contributed by atoms with E-state index in [9.17, 15) is 9.90 Å². The number of carboxylic acid groups (broad SMARTS) is 1. The minimum Gasteiger partial charge on any atom is -0.480 e. The van der Waals surface area contributed by atoms with Crippen LogP contribution in [0.3, 0.4) is 0 Å². The van der Waals surface area contributed by atoms with Gasteiger partial charge in [0, 0.05) is 35.3 Å². The second-order valence-corrected chi connectivity index (χ2v) is 9.34. The van der Waals surface area contributed by atoms with Gasteiger partial charge in [0.15, 0.2) is 0 Å². The molecule has 7 nitrogen and oxygen atoms in total. The Labute approximate surface area is 211 Å². The lowest BCUT2D eigenvalue weighted by Gasteiger charge is -2.39. The number of hydrogen-bond acceptors (Lipinski definition) is 6. The van der Waals surface area contributed by atoms with Gasteiger partial charge in [-0.05, 0) is 49.1 Å². The molecule has 0 saturated carbocycles. The summed E-state index contributed by atoms with van der Waals surface area (Å²) in [6.07, 6.45) is 5.91. The normalized spacial score (nSPS) is 20.1. The van der Waals surface area contributed by atoms with Gasteiger partial charge in [0.2, 0.25) is 5.72 Å². The van der Waals surface area contributed by atoms with Crippen LogP contribution in [0.2, 0.25) is 0 Å². The van der Waals surface area contributed by atoms with E-state index in [0.29, 0.717) is 26.2 Å². The number of unbranched alkanes of at least 4 members (excludes halogenated alkanes) is 1. The molecule has 1 saturated heterocycles. The van der Waals surface area contributed by atoms with Crippen LogP contribution in [0.5, 0.6) is 5.75 Å². The molecule has 0 bridgehead atoms. The van der Waals surface area contributed by atoms with Gasteiger partial charge in [-0.1, -0.05) is 55.0 Å². The number of benzene rings is 3. The quantitative estimate of drug-likeness (QED) is 0.391. The number of anilines is 1. The lowest BCUT2D eigenvalue weighted by atomic mass is 9.94. The van der Waals surface area contributed by atoms with Gasteiger partial charge < -0.3 is 25.2 Å². The van der Waals surface area contributed by atoms with Gasteiger partial charge in [-0.25, -0.2) is 0 Å². The van der Waals surface area contributed by atoms with E-state index in [-0.39, 0.29) is 0 Å². The van der Waals surface area contributed by atoms with Crippen LogP contribution in [-0.2, 0) is 15.3 Å². The Morgan fingerprint density at radius 1 is 1.06 bits per heavy atom. The van der Waals surface area contributed by atoms with E-state index in [4.69, 9.17) is 15.2 Å². The Morgan fingerprint density at radius 2 is 1.83 bits per heavy atom. The molecule has 3 aromatic rings. The zero-order valence-corrected chi connectivity index (χ0v) is 20.4. The predicted octanol–water partition coefficient (Wildman–Crippen LogP) is 4.11. The number of nitrogens with one attached hydrogen (secondary N) is 1. The topological polar surface area (TPSA) is 97.0 Å². The smallest absolute Gasteiger partial charge is 0.320 e. The third-order valence-corrected chi connectivity index (χ3v) is 6.98. The molecule has 0 radical (unpaired) electrons. The summed E-state index contributed by atoms with van der Waals surface area (Å²) in [6, 6.07) is 19.6. The molecule has 36 heavy (non-hydrogen) atoms. The largest absolute Gasteiger partial charge is 0.480 e. The summed E-state index contributed by atoms with van der Waals surface area (Å²) < 4.78 is 12.3. The number of ether oxygens (including phenoxy) is 2. The summed E-state index contributed by atoms with van der Waals surface area (Å²) in [5.74, 6) is -0.163. The second kappa shape index (κ2) is 10.7. The van der Waals surface area contributed by atoms with Crippen LogP contribution in [0.25, 0.3) is 16.8 Å². The van der Waals surface area contributed by atoms with Crippen molar-refractivity contribution in [3.63, 3.8) is 0 Å². The fraction of sp³-hybridized carbons (Fsp3) is 0.345. The summed E-state index contributed by atoms with van der Waals surface area (Å²) in [5.41, 5.74) is 7.45. The molecular formula is C29H33N3O4. The van der Waals surface area contributed by atoms with Crippen molar-refractivity contribution in [2.75, 3.05) is 37.7 Å². The van der Waals surface area contributed by atoms with E-state index < -0.39 is 17.7 Å². The van der Waals surface area contributed by atoms with Crippen molar-refractivity contribution < 1.29 is 19.4 Å². The first-order chi connectivity index (χ1) is 17.6. The highest BCUT2D eigenvalue weighted by Crippen LogP contribution is 2.41. The van der Waals surface area contributed by atoms with Crippen molar-refractivity contribution in [3.05, 3.63) is 77.9 Å². The molecule has 188 valence electrons. The molecule has 5 rings (SSSR count). The van der Waals surface area contributed by atoms with Crippen molar-refractivity contribution in [1.29, 1.82) is 0 Å². The number of rotatable bonds is 9. The Hall–Kier alpha value is -3.39. The standard InChI is InChI=1S/C29H33N3O4/c30-16-4-3-7-26(28(33)34)31-29(23-10-12-24(13-11-23)32-17-19-35-20-18-32)15-14-22-9-8-21-5-1-2-6-25(21)27(22)36-29/h1-2,5-6,8-15,26,31H,3-4,7,16-20,30H2,(H,33,34)/t26-,29?/m0/s1. The molecular weight excluding hydrogens is 454 g/mol. The van der Waals surface area contributed by atoms with E-state index in [0.717, 1.165) is 59.3 Å². The Balaban J connectivity index is 1.53. The summed E-state index contributed by atoms with van der Waals surface area (Å²) >= 11 is 0. The zero-order valence-electron chi connectivity index (χ0n) is 20.4. The molecule has 4 N–H and O–H groups in total. The molecule has 1 unspecified atom stereocenters. The van der Waals surface area contributed by atoms with Crippen molar-refractivity contribution in [1.82, 2.24) is 5.32 Å². The first kappa shape index (κ1) is 24.3. The van der Waals surface area contributed by atoms with Gasteiger partial charge in [-0.2, -0.15) is 0 Å². The molecule has 1 fully saturated rings. The van der Waals surface area contributed by atoms with Crippen LogP contribution in [0.15, 0.2) is 66.7 Å². The highest BCUT2D eigenvalue weighted by Gasteiger charge is 2.39. The fourth-order valence-electron chi connectivity index (χ4n) is 4.97. The summed E-state index contributed by atoms with van der Waals surface area (Å²) in [4.78, 5) is 14.6. The molecule has 0 aromatic heterocycles. The molecule has 3 aromatic carbocycles. The van der Waals surface area contributed by atoms with Gasteiger partial charge in [-0.15, -0.1) is 0 Å². The predicted molar refractivity (Wildman–Crippen MR) is 142 cm³/mol. The molecule has 7 heteroatoms. The van der Waals surface area contributed by atoms with Gasteiger partial charge in [-0.3, -0.25) is 10.1 Å². The average Bonchev–Trinajstić information content (AvgIpc) is 2.93. The Morgan fingerprint density at radius 3 is 2.58 bits per heavy atom. The maximum absolute atomic E-state index is 12.3. The Bertz CT molecular complexity index is 1240. The highest BCUT2D eigenvalue weighted by molar-refractivity contribution is 5.92. The van der Waals surface area contributed by atoms with Crippen LogP contribution in [0.1, 0.15) is 30.4 Å². The molecule has 2 heterocycles. The van der Waals surface area contributed by atoms with E-state index in [1.54, 1.807) is 0 Å². The zero-order chi connectivity index (χ0) is 25.0. The number of nitrogens with zero attached hydrogens (tertiary/aromatic N) is 1. The molecule has 0 aliphatic carbocycles. The van der Waals surface area contributed by atoms with Crippen LogP contribution in [0, 0.1) is 0 Å². The molecule has 2 aliphatic rings. The van der Waals surface area contributed by atoms with Crippen molar-refractivity contribution in [3.8, 4) is 5.75 Å². The number of carboxylic acids is 1. The van der Waals surface area contributed by atoms with E-state index in [1.165, 1.54) is 0 Å². The third-order valence-electron chi connectivity index (χ3n) is 6.98. The van der Waals surface area contributed by atoms with Crippen LogP contribution < -0.4 is 20.7 Å². The molecule has 0 spiro atoms. The van der Waals surface area contributed by atoms with Gasteiger partial charge in [0.1, 0.15) is 11.8 Å². The average molecular weight is 488 g/mol. The Kier molecular flexibility index (Phi) is 7.23. The van der Waals surface area contributed by atoms with Crippen LogP contribution in [0.4, 0.5) is 5.69 Å². The van der Waals surface area contributed by atoms with Crippen molar-refractivity contribution in [2.24, 2.45) is 5.73 Å². The minimum atomic E-state index is -1.13. The summed E-state index contributed by atoms with van der Waals surface area (Å²) in [5, 5.41) is 15.5. The molecule has 2 atom stereocenters. The summed E-state index contributed by atoms with van der Waals surface area (Å²) in [7, 11) is 0. The first-order valence-corrected chi connectivity index (χ1v) is 12.6. The number of nitrogens with two attached hydrogens (primary N) is 1. The van der Waals surface area contributed by atoms with E-state index in [1.807, 2.05) is 48.6 Å². The molecule has 2 aliphatic heterocycles. The van der Waals surface area contributed by atoms with Gasteiger partial charge in [0.05, 0.1) is 13.2 Å². The lowest BCUT2D eigenvalue weighted by Crippen LogP contribution is -2.54. The lowest BCUT2D eigenvalue weighted by molar-refractivity contribution is -0.141. The van der Waals surface area contributed by atoms with Crippen molar-refractivity contribution in [2.45, 2.75) is 31.0 Å². The third kappa shape index (κ3) is 4.95. The van der Waals surface area contributed by atoms with Gasteiger partial charge in [0.25, 0.3) is 0 Å². The fourth-order valence-corrected chi connectivity index (χ4v) is 4.97. The minimum absolute atomic E-state index is 0.458. The first-order valence-electron chi connectivity index (χ1n) is 12.6. The maximum Gasteiger partial charge on any atom is 0.320 e. The highest BCUT2D eigenvalue weighted by atomic mass is 16.5. The van der Waals surface area contributed by atoms with E-state index in [2.05, 4.69) is 34.5 Å². The maximum atomic E-state index is 12.3. The van der Waals surface area contributed by atoms with Crippen LogP contribution >= 0.6 is 0 Å². The van der Waals surface area contributed by atoms with Crippen molar-refractivity contribution >= 4 is 28.5 Å². The van der Waals surface area contributed by atoms with Gasteiger partial charge >= 0.3 is 5.97 Å². The SMILES string of the molecule is NCCCC[C@H](NC1(c2ccc(N3CCOCC3)cc2)C=Cc2ccc3ccccc3c2O1)C(=O)O. The number of fused-ring (bicyclic) bond motifs is 3. The van der Waals surface area contributed by atoms with E-state index >= 15 is 0 Å². The number of hydrogen-bond donors (Lipinski definition) is 3. The monoisotopic (exact) mass is 487 g/mol. The second-order valence-electron chi connectivity index (χ2n) is 9.34. The molecule has 0 amide bonds.